The average molecular weight is 392 g/mol. The summed E-state index contributed by atoms with van der Waals surface area (Å²) in [5, 5.41) is 11.8. The van der Waals surface area contributed by atoms with Gasteiger partial charge >= 0.3 is 0 Å². The lowest BCUT2D eigenvalue weighted by Gasteiger charge is -2.20. The maximum Gasteiger partial charge on any atom is 0.262 e. The first kappa shape index (κ1) is 18.0. The van der Waals surface area contributed by atoms with Gasteiger partial charge < -0.3 is 0 Å². The number of hydrogen-bond acceptors (Lipinski definition) is 6. The third kappa shape index (κ3) is 3.29. The maximum absolute atomic E-state index is 12.6. The third-order valence-corrected chi connectivity index (χ3v) is 5.33. The molecule has 0 bridgehead atoms. The van der Waals surface area contributed by atoms with E-state index in [1.165, 1.54) is 18.3 Å². The zero-order chi connectivity index (χ0) is 19.7. The number of imide groups is 1. The Hall–Kier alpha value is -3.39. The van der Waals surface area contributed by atoms with Gasteiger partial charge in [-0.3, -0.25) is 24.6 Å². The highest BCUT2D eigenvalue weighted by Crippen LogP contribution is 2.25. The third-order valence-electron chi connectivity index (χ3n) is 4.49. The molecule has 0 radical (unpaired) electrons. The lowest BCUT2D eigenvalue weighted by Crippen LogP contribution is -2.45. The first-order valence-corrected chi connectivity index (χ1v) is 9.50. The van der Waals surface area contributed by atoms with Crippen molar-refractivity contribution in [3.05, 3.63) is 76.3 Å². The van der Waals surface area contributed by atoms with E-state index < -0.39 is 23.8 Å². The summed E-state index contributed by atoms with van der Waals surface area (Å²) < 4.78 is 0. The molecule has 1 aromatic heterocycles. The predicted molar refractivity (Wildman–Crippen MR) is 104 cm³/mol. The molecule has 2 heterocycles. The first-order chi connectivity index (χ1) is 13.5. The number of amides is 3. The van der Waals surface area contributed by atoms with Gasteiger partial charge in [0.25, 0.3) is 11.8 Å². The van der Waals surface area contributed by atoms with Gasteiger partial charge in [-0.1, -0.05) is 53.8 Å². The van der Waals surface area contributed by atoms with Crippen molar-refractivity contribution in [2.45, 2.75) is 19.4 Å². The van der Waals surface area contributed by atoms with Crippen LogP contribution in [0.25, 0.3) is 0 Å². The van der Waals surface area contributed by atoms with Crippen molar-refractivity contribution < 1.29 is 14.4 Å². The van der Waals surface area contributed by atoms with Crippen molar-refractivity contribution in [3.63, 3.8) is 0 Å². The summed E-state index contributed by atoms with van der Waals surface area (Å²) in [4.78, 5) is 38.6. The zero-order valence-corrected chi connectivity index (χ0v) is 15.8. The zero-order valence-electron chi connectivity index (χ0n) is 15.0. The Morgan fingerprint density at radius 3 is 2.25 bits per heavy atom. The van der Waals surface area contributed by atoms with Gasteiger partial charge in [0.15, 0.2) is 0 Å². The van der Waals surface area contributed by atoms with Crippen molar-refractivity contribution >= 4 is 34.2 Å². The van der Waals surface area contributed by atoms with Crippen molar-refractivity contribution in [1.29, 1.82) is 0 Å². The summed E-state index contributed by atoms with van der Waals surface area (Å²) >= 11 is 1.26. The molecule has 1 aliphatic heterocycles. The predicted octanol–water partition coefficient (Wildman–Crippen LogP) is 2.75. The van der Waals surface area contributed by atoms with E-state index in [0.29, 0.717) is 22.7 Å². The molecule has 1 N–H and O–H groups in total. The van der Waals surface area contributed by atoms with Gasteiger partial charge in [0.05, 0.1) is 11.1 Å². The molecular formula is C20H16N4O3S. The lowest BCUT2D eigenvalue weighted by molar-refractivity contribution is -0.119. The van der Waals surface area contributed by atoms with Gasteiger partial charge in [0.2, 0.25) is 11.0 Å². The number of aromatic nitrogens is 2. The number of anilines is 1. The summed E-state index contributed by atoms with van der Waals surface area (Å²) in [5.41, 5.74) is 1.72. The van der Waals surface area contributed by atoms with Crippen molar-refractivity contribution in [3.8, 4) is 0 Å². The van der Waals surface area contributed by atoms with Gasteiger partial charge in [0, 0.05) is 6.42 Å². The summed E-state index contributed by atoms with van der Waals surface area (Å²) in [6, 6.07) is 15.4. The minimum absolute atomic E-state index is 0.313. The van der Waals surface area contributed by atoms with Crippen molar-refractivity contribution in [2.75, 3.05) is 5.32 Å². The molecule has 0 unspecified atom stereocenters. The second-order valence-corrected chi connectivity index (χ2v) is 7.42. The molecule has 28 heavy (non-hydrogen) atoms. The molecule has 3 aromatic rings. The van der Waals surface area contributed by atoms with Crippen LogP contribution in [0.4, 0.5) is 5.13 Å². The van der Waals surface area contributed by atoms with Crippen LogP contribution in [0.2, 0.25) is 0 Å². The Balaban J connectivity index is 1.44. The first-order valence-electron chi connectivity index (χ1n) is 8.68. The Morgan fingerprint density at radius 1 is 1.00 bits per heavy atom. The number of benzene rings is 2. The van der Waals surface area contributed by atoms with E-state index in [9.17, 15) is 14.4 Å². The van der Waals surface area contributed by atoms with E-state index >= 15 is 0 Å². The van der Waals surface area contributed by atoms with Crippen molar-refractivity contribution in [1.82, 2.24) is 15.1 Å². The van der Waals surface area contributed by atoms with Crippen LogP contribution >= 0.6 is 11.3 Å². The van der Waals surface area contributed by atoms with Crippen molar-refractivity contribution in [2.24, 2.45) is 0 Å². The van der Waals surface area contributed by atoms with Gasteiger partial charge in [-0.15, -0.1) is 10.2 Å². The summed E-state index contributed by atoms with van der Waals surface area (Å²) in [7, 11) is 0. The van der Waals surface area contributed by atoms with E-state index in [4.69, 9.17) is 0 Å². The molecule has 0 fully saturated rings. The quantitative estimate of drug-likeness (QED) is 0.674. The highest BCUT2D eigenvalue weighted by Gasteiger charge is 2.40. The summed E-state index contributed by atoms with van der Waals surface area (Å²) in [6.07, 6.45) is 0.613. The number of fused-ring (bicyclic) bond motifs is 1. The van der Waals surface area contributed by atoms with Gasteiger partial charge in [-0.25, -0.2) is 0 Å². The number of carbonyl (C=O) groups excluding carboxylic acids is 3. The fraction of sp³-hybridized carbons (Fsp3) is 0.150. The van der Waals surface area contributed by atoms with Gasteiger partial charge in [0.1, 0.15) is 11.0 Å². The normalized spacial score (nSPS) is 14.1. The van der Waals surface area contributed by atoms with Crippen LogP contribution < -0.4 is 5.32 Å². The highest BCUT2D eigenvalue weighted by atomic mass is 32.1. The summed E-state index contributed by atoms with van der Waals surface area (Å²) in [6.45, 7) is 1.52. The molecule has 7 nitrogen and oxygen atoms in total. The molecule has 0 saturated heterocycles. The average Bonchev–Trinajstić information content (AvgIpc) is 3.24. The van der Waals surface area contributed by atoms with E-state index in [1.54, 1.807) is 24.3 Å². The topological polar surface area (TPSA) is 92.3 Å². The molecule has 2 aromatic carbocycles. The summed E-state index contributed by atoms with van der Waals surface area (Å²) in [5.74, 6) is -1.42. The fourth-order valence-corrected chi connectivity index (χ4v) is 3.81. The Morgan fingerprint density at radius 2 is 1.61 bits per heavy atom. The van der Waals surface area contributed by atoms with E-state index in [2.05, 4.69) is 15.5 Å². The number of nitrogens with one attached hydrogen (secondary N) is 1. The Bertz CT molecular complexity index is 1030. The molecule has 8 heteroatoms. The number of nitrogens with zero attached hydrogens (tertiary/aromatic N) is 3. The van der Waals surface area contributed by atoms with E-state index in [1.807, 2.05) is 30.3 Å². The Labute approximate surface area is 165 Å². The highest BCUT2D eigenvalue weighted by molar-refractivity contribution is 7.15. The minimum atomic E-state index is -0.964. The van der Waals surface area contributed by atoms with Crippen LogP contribution in [0, 0.1) is 0 Å². The lowest BCUT2D eigenvalue weighted by atomic mass is 10.1. The van der Waals surface area contributed by atoms with Gasteiger partial charge in [-0.05, 0) is 24.6 Å². The molecule has 4 rings (SSSR count). The van der Waals surface area contributed by atoms with Crippen LogP contribution in [0.5, 0.6) is 0 Å². The van der Waals surface area contributed by atoms with Crippen LogP contribution in [0.15, 0.2) is 54.6 Å². The van der Waals surface area contributed by atoms with Crippen LogP contribution in [-0.4, -0.2) is 38.9 Å². The molecule has 1 aliphatic rings. The standard InChI is InChI=1S/C20H16N4O3S/c1-12(24-18(26)14-9-5-6-10-15(14)19(24)27)17(25)21-20-23-22-16(28-20)11-13-7-3-2-4-8-13/h2-10,12H,11H2,1H3,(H,21,23,25)/t12-/m0/s1. The minimum Gasteiger partial charge on any atom is -0.299 e. The molecule has 0 aliphatic carbocycles. The smallest absolute Gasteiger partial charge is 0.262 e. The second-order valence-electron chi connectivity index (χ2n) is 6.35. The van der Waals surface area contributed by atoms with E-state index in [-0.39, 0.29) is 0 Å². The maximum atomic E-state index is 12.6. The Kier molecular flexibility index (Phi) is 4.70. The molecular weight excluding hydrogens is 376 g/mol. The van der Waals surface area contributed by atoms with E-state index in [0.717, 1.165) is 15.5 Å². The molecule has 3 amide bonds. The molecule has 1 atom stereocenters. The largest absolute Gasteiger partial charge is 0.299 e. The molecule has 140 valence electrons. The molecule has 0 spiro atoms. The number of hydrogen-bond donors (Lipinski definition) is 1. The molecule has 0 saturated carbocycles. The SMILES string of the molecule is C[C@@H](C(=O)Nc1nnc(Cc2ccccc2)s1)N1C(=O)c2ccccc2C1=O. The second kappa shape index (κ2) is 7.32. The van der Waals surface area contributed by atoms with Crippen LogP contribution in [-0.2, 0) is 11.2 Å². The van der Waals surface area contributed by atoms with Crippen LogP contribution in [0.1, 0.15) is 38.2 Å². The number of carbonyl (C=O) groups is 3. The number of rotatable bonds is 5. The van der Waals surface area contributed by atoms with Gasteiger partial charge in [-0.2, -0.15) is 0 Å². The fourth-order valence-electron chi connectivity index (χ4n) is 3.03. The monoisotopic (exact) mass is 392 g/mol. The van der Waals surface area contributed by atoms with Crippen LogP contribution in [0.3, 0.4) is 0 Å².